The third kappa shape index (κ3) is 2.85. The molecule has 0 aliphatic heterocycles. The van der Waals surface area contributed by atoms with Crippen LogP contribution in [0.4, 0.5) is 0 Å². The van der Waals surface area contributed by atoms with E-state index in [4.69, 9.17) is 4.74 Å². The van der Waals surface area contributed by atoms with Crippen LogP contribution in [0.3, 0.4) is 0 Å². The number of amides is 1. The fourth-order valence-corrected chi connectivity index (χ4v) is 2.26. The first kappa shape index (κ1) is 14.6. The summed E-state index contributed by atoms with van der Waals surface area (Å²) in [6, 6.07) is 5.81. The second kappa shape index (κ2) is 6.09. The van der Waals surface area contributed by atoms with Crippen LogP contribution in [-0.2, 0) is 4.74 Å². The van der Waals surface area contributed by atoms with Gasteiger partial charge in [-0.25, -0.2) is 0 Å². The van der Waals surface area contributed by atoms with Crippen molar-refractivity contribution >= 4 is 16.8 Å². The van der Waals surface area contributed by atoms with E-state index in [0.29, 0.717) is 19.8 Å². The molecule has 0 fully saturated rings. The van der Waals surface area contributed by atoms with E-state index in [0.717, 1.165) is 22.2 Å². The quantitative estimate of drug-likeness (QED) is 0.852. The van der Waals surface area contributed by atoms with Gasteiger partial charge in [0.15, 0.2) is 0 Å². The zero-order chi connectivity index (χ0) is 14.7. The van der Waals surface area contributed by atoms with Crippen molar-refractivity contribution < 1.29 is 9.53 Å². The summed E-state index contributed by atoms with van der Waals surface area (Å²) in [6.45, 7) is 7.92. The predicted octanol–water partition coefficient (Wildman–Crippen LogP) is 2.89. The van der Waals surface area contributed by atoms with Gasteiger partial charge in [-0.05, 0) is 44.5 Å². The van der Waals surface area contributed by atoms with E-state index in [2.05, 4.69) is 11.9 Å². The molecule has 0 unspecified atom stereocenters. The number of carbonyl (C=O) groups excluding carboxylic acids is 1. The average molecular weight is 274 g/mol. The number of aromatic amines is 1. The van der Waals surface area contributed by atoms with Crippen LogP contribution in [0, 0.1) is 13.8 Å². The van der Waals surface area contributed by atoms with Gasteiger partial charge in [-0.3, -0.25) is 4.79 Å². The van der Waals surface area contributed by atoms with E-state index in [9.17, 15) is 4.79 Å². The summed E-state index contributed by atoms with van der Waals surface area (Å²) in [4.78, 5) is 17.4. The lowest BCUT2D eigenvalue weighted by Crippen LogP contribution is -2.30. The van der Waals surface area contributed by atoms with Crippen molar-refractivity contribution in [2.75, 3.05) is 26.8 Å². The smallest absolute Gasteiger partial charge is 0.253 e. The standard InChI is InChI=1S/C16H22N2O2/c1-5-20-9-8-18(4)16(19)13-6-7-15-14(10-13)11(2)12(3)17-15/h6-7,10,17H,5,8-9H2,1-4H3. The summed E-state index contributed by atoms with van der Waals surface area (Å²) in [5.41, 5.74) is 4.15. The normalized spacial score (nSPS) is 11.0. The molecule has 4 heteroatoms. The highest BCUT2D eigenvalue weighted by Crippen LogP contribution is 2.22. The molecule has 1 N–H and O–H groups in total. The van der Waals surface area contributed by atoms with Crippen molar-refractivity contribution in [2.45, 2.75) is 20.8 Å². The molecule has 1 aromatic heterocycles. The van der Waals surface area contributed by atoms with Gasteiger partial charge in [0.05, 0.1) is 6.61 Å². The fourth-order valence-electron chi connectivity index (χ4n) is 2.26. The largest absolute Gasteiger partial charge is 0.380 e. The molecule has 0 spiro atoms. The van der Waals surface area contributed by atoms with E-state index < -0.39 is 0 Å². The Kier molecular flexibility index (Phi) is 4.45. The van der Waals surface area contributed by atoms with Crippen molar-refractivity contribution in [2.24, 2.45) is 0 Å². The number of ether oxygens (including phenoxy) is 1. The Labute approximate surface area is 119 Å². The molecular formula is C16H22N2O2. The number of fused-ring (bicyclic) bond motifs is 1. The zero-order valence-corrected chi connectivity index (χ0v) is 12.6. The molecular weight excluding hydrogens is 252 g/mol. The van der Waals surface area contributed by atoms with Gasteiger partial charge in [-0.15, -0.1) is 0 Å². The number of benzene rings is 1. The van der Waals surface area contributed by atoms with Crippen molar-refractivity contribution in [3.05, 3.63) is 35.0 Å². The van der Waals surface area contributed by atoms with Crippen LogP contribution in [0.1, 0.15) is 28.5 Å². The third-order valence-corrected chi connectivity index (χ3v) is 3.68. The molecule has 0 bridgehead atoms. The maximum Gasteiger partial charge on any atom is 0.253 e. The Balaban J connectivity index is 2.19. The maximum absolute atomic E-state index is 12.4. The molecule has 4 nitrogen and oxygen atoms in total. The number of H-pyrrole nitrogens is 1. The van der Waals surface area contributed by atoms with Crippen LogP contribution < -0.4 is 0 Å². The second-order valence-electron chi connectivity index (χ2n) is 5.06. The SMILES string of the molecule is CCOCCN(C)C(=O)c1ccc2[nH]c(C)c(C)c2c1. The van der Waals surface area contributed by atoms with Crippen LogP contribution in [0.5, 0.6) is 0 Å². The minimum Gasteiger partial charge on any atom is -0.380 e. The Morgan fingerprint density at radius 1 is 1.35 bits per heavy atom. The predicted molar refractivity (Wildman–Crippen MR) is 81.2 cm³/mol. The molecule has 20 heavy (non-hydrogen) atoms. The molecule has 2 aromatic rings. The van der Waals surface area contributed by atoms with Crippen LogP contribution in [0.25, 0.3) is 10.9 Å². The molecule has 0 radical (unpaired) electrons. The number of nitrogens with one attached hydrogen (secondary N) is 1. The molecule has 0 aliphatic rings. The number of carbonyl (C=O) groups is 1. The summed E-state index contributed by atoms with van der Waals surface area (Å²) in [7, 11) is 1.81. The van der Waals surface area contributed by atoms with Crippen molar-refractivity contribution in [1.82, 2.24) is 9.88 Å². The van der Waals surface area contributed by atoms with Crippen molar-refractivity contribution in [1.29, 1.82) is 0 Å². The van der Waals surface area contributed by atoms with E-state index in [1.54, 1.807) is 11.9 Å². The summed E-state index contributed by atoms with van der Waals surface area (Å²) in [5, 5.41) is 1.12. The molecule has 0 atom stereocenters. The number of aryl methyl sites for hydroxylation is 2. The van der Waals surface area contributed by atoms with Gasteiger partial charge in [0.1, 0.15) is 0 Å². The third-order valence-electron chi connectivity index (χ3n) is 3.68. The van der Waals surface area contributed by atoms with E-state index in [1.807, 2.05) is 32.0 Å². The Morgan fingerprint density at radius 3 is 2.80 bits per heavy atom. The van der Waals surface area contributed by atoms with Gasteiger partial charge >= 0.3 is 0 Å². The summed E-state index contributed by atoms with van der Waals surface area (Å²) in [5.74, 6) is 0.0323. The van der Waals surface area contributed by atoms with Crippen LogP contribution in [-0.4, -0.2) is 42.6 Å². The molecule has 1 amide bonds. The van der Waals surface area contributed by atoms with Crippen LogP contribution in [0.2, 0.25) is 0 Å². The number of rotatable bonds is 5. The lowest BCUT2D eigenvalue weighted by molar-refractivity contribution is 0.0710. The van der Waals surface area contributed by atoms with Crippen molar-refractivity contribution in [3.8, 4) is 0 Å². The molecule has 0 aliphatic carbocycles. The highest BCUT2D eigenvalue weighted by atomic mass is 16.5. The number of hydrogen-bond acceptors (Lipinski definition) is 2. The van der Waals surface area contributed by atoms with E-state index in [-0.39, 0.29) is 5.91 Å². The lowest BCUT2D eigenvalue weighted by atomic mass is 10.1. The topological polar surface area (TPSA) is 45.3 Å². The van der Waals surface area contributed by atoms with Crippen LogP contribution >= 0.6 is 0 Å². The summed E-state index contributed by atoms with van der Waals surface area (Å²) < 4.78 is 5.28. The highest BCUT2D eigenvalue weighted by molar-refractivity contribution is 5.98. The average Bonchev–Trinajstić information content (AvgIpc) is 2.73. The maximum atomic E-state index is 12.4. The van der Waals surface area contributed by atoms with Gasteiger partial charge < -0.3 is 14.6 Å². The van der Waals surface area contributed by atoms with Crippen LogP contribution in [0.15, 0.2) is 18.2 Å². The molecule has 0 saturated carbocycles. The Bertz CT molecular complexity index is 616. The first-order valence-electron chi connectivity index (χ1n) is 6.96. The zero-order valence-electron chi connectivity index (χ0n) is 12.6. The molecule has 0 saturated heterocycles. The first-order valence-corrected chi connectivity index (χ1v) is 6.96. The van der Waals surface area contributed by atoms with Gasteiger partial charge in [-0.2, -0.15) is 0 Å². The number of likely N-dealkylation sites (N-methyl/N-ethyl adjacent to an activating group) is 1. The van der Waals surface area contributed by atoms with Gasteiger partial charge in [0.25, 0.3) is 5.91 Å². The number of nitrogens with zero attached hydrogens (tertiary/aromatic N) is 1. The van der Waals surface area contributed by atoms with Crippen molar-refractivity contribution in [3.63, 3.8) is 0 Å². The number of aromatic nitrogens is 1. The fraction of sp³-hybridized carbons (Fsp3) is 0.438. The lowest BCUT2D eigenvalue weighted by Gasteiger charge is -2.17. The Hall–Kier alpha value is -1.81. The number of hydrogen-bond donors (Lipinski definition) is 1. The van der Waals surface area contributed by atoms with E-state index in [1.165, 1.54) is 5.56 Å². The molecule has 108 valence electrons. The highest BCUT2D eigenvalue weighted by Gasteiger charge is 2.13. The van der Waals surface area contributed by atoms with Gasteiger partial charge in [0, 0.05) is 42.4 Å². The van der Waals surface area contributed by atoms with E-state index >= 15 is 0 Å². The van der Waals surface area contributed by atoms with Gasteiger partial charge in [0.2, 0.25) is 0 Å². The van der Waals surface area contributed by atoms with Gasteiger partial charge in [-0.1, -0.05) is 0 Å². The Morgan fingerprint density at radius 2 is 2.10 bits per heavy atom. The first-order chi connectivity index (χ1) is 9.54. The monoisotopic (exact) mass is 274 g/mol. The summed E-state index contributed by atoms with van der Waals surface area (Å²) >= 11 is 0. The second-order valence-corrected chi connectivity index (χ2v) is 5.06. The minimum absolute atomic E-state index is 0.0323. The summed E-state index contributed by atoms with van der Waals surface area (Å²) in [6.07, 6.45) is 0. The molecule has 2 rings (SSSR count). The molecule has 1 heterocycles. The molecule has 1 aromatic carbocycles. The minimum atomic E-state index is 0.0323.